The molecule has 0 fully saturated rings. The van der Waals surface area contributed by atoms with Crippen molar-refractivity contribution >= 4 is 22.9 Å². The molecular formula is C13H23ClN2S. The fraction of sp³-hybridized carbons (Fsp3) is 0.692. The summed E-state index contributed by atoms with van der Waals surface area (Å²) < 4.78 is 0.836. The number of halogens is 1. The summed E-state index contributed by atoms with van der Waals surface area (Å²) >= 11 is 7.55. The highest BCUT2D eigenvalue weighted by molar-refractivity contribution is 7.16. The van der Waals surface area contributed by atoms with Gasteiger partial charge in [0.2, 0.25) is 0 Å². The van der Waals surface area contributed by atoms with Crippen LogP contribution in [0.2, 0.25) is 4.34 Å². The maximum Gasteiger partial charge on any atom is 0.0931 e. The Balaban J connectivity index is 2.19. The summed E-state index contributed by atoms with van der Waals surface area (Å²) in [6, 6.07) is 4.26. The van der Waals surface area contributed by atoms with Crippen molar-refractivity contribution in [2.24, 2.45) is 5.84 Å². The minimum absolute atomic E-state index is 0.263. The second kappa shape index (κ2) is 8.92. The highest BCUT2D eigenvalue weighted by Gasteiger charge is 2.11. The number of nitrogens with one attached hydrogen (secondary N) is 1. The lowest BCUT2D eigenvalue weighted by Gasteiger charge is -2.13. The van der Waals surface area contributed by atoms with Crippen LogP contribution in [0.3, 0.4) is 0 Å². The third-order valence-electron chi connectivity index (χ3n) is 2.98. The van der Waals surface area contributed by atoms with Gasteiger partial charge < -0.3 is 0 Å². The molecular weight excluding hydrogens is 252 g/mol. The van der Waals surface area contributed by atoms with Gasteiger partial charge in [0.05, 0.1) is 10.4 Å². The summed E-state index contributed by atoms with van der Waals surface area (Å²) in [5, 5.41) is 0. The molecule has 0 aliphatic heterocycles. The average Bonchev–Trinajstić information content (AvgIpc) is 2.75. The van der Waals surface area contributed by atoms with Crippen LogP contribution in [0.4, 0.5) is 0 Å². The third kappa shape index (κ3) is 5.87. The summed E-state index contributed by atoms with van der Waals surface area (Å²) in [4.78, 5) is 1.24. The molecule has 0 aliphatic rings. The van der Waals surface area contributed by atoms with Gasteiger partial charge >= 0.3 is 0 Å². The number of hydrogen-bond acceptors (Lipinski definition) is 3. The maximum absolute atomic E-state index is 5.93. The van der Waals surface area contributed by atoms with E-state index in [0.29, 0.717) is 0 Å². The van der Waals surface area contributed by atoms with Crippen molar-refractivity contribution in [3.05, 3.63) is 21.3 Å². The minimum atomic E-state index is 0.263. The van der Waals surface area contributed by atoms with E-state index in [1.54, 1.807) is 11.3 Å². The first-order valence-corrected chi connectivity index (χ1v) is 7.68. The lowest BCUT2D eigenvalue weighted by Crippen LogP contribution is -2.27. The van der Waals surface area contributed by atoms with Crippen molar-refractivity contribution in [3.63, 3.8) is 0 Å². The molecule has 0 aromatic carbocycles. The standard InChI is InChI=1S/C13H23ClN2S/c1-2-3-4-5-6-7-8-11(16-15)12-9-10-13(14)17-12/h9-11,16H,2-8,15H2,1H3. The quantitative estimate of drug-likeness (QED) is 0.391. The molecule has 0 saturated heterocycles. The normalized spacial score (nSPS) is 12.9. The van der Waals surface area contributed by atoms with E-state index in [1.165, 1.54) is 43.4 Å². The smallest absolute Gasteiger partial charge is 0.0931 e. The molecule has 3 N–H and O–H groups in total. The molecule has 0 saturated carbocycles. The van der Waals surface area contributed by atoms with E-state index in [2.05, 4.69) is 18.4 Å². The molecule has 0 bridgehead atoms. The van der Waals surface area contributed by atoms with Crippen LogP contribution in [0.1, 0.15) is 62.8 Å². The molecule has 1 heterocycles. The molecule has 1 atom stereocenters. The first kappa shape index (κ1) is 15.0. The fourth-order valence-electron chi connectivity index (χ4n) is 1.95. The molecule has 2 nitrogen and oxygen atoms in total. The van der Waals surface area contributed by atoms with E-state index in [9.17, 15) is 0 Å². The summed E-state index contributed by atoms with van der Waals surface area (Å²) in [6.07, 6.45) is 9.00. The van der Waals surface area contributed by atoms with Gasteiger partial charge in [-0.2, -0.15) is 0 Å². The monoisotopic (exact) mass is 274 g/mol. The summed E-state index contributed by atoms with van der Waals surface area (Å²) in [5.41, 5.74) is 2.89. The highest BCUT2D eigenvalue weighted by Crippen LogP contribution is 2.29. The Morgan fingerprint density at radius 3 is 2.53 bits per heavy atom. The summed E-state index contributed by atoms with van der Waals surface area (Å²) in [5.74, 6) is 5.59. The molecule has 0 spiro atoms. The van der Waals surface area contributed by atoms with Gasteiger partial charge in [0.1, 0.15) is 0 Å². The maximum atomic E-state index is 5.93. The predicted molar refractivity (Wildman–Crippen MR) is 77.4 cm³/mol. The van der Waals surface area contributed by atoms with Crippen molar-refractivity contribution in [2.45, 2.75) is 57.9 Å². The van der Waals surface area contributed by atoms with Gasteiger partial charge in [0.25, 0.3) is 0 Å². The van der Waals surface area contributed by atoms with E-state index >= 15 is 0 Å². The van der Waals surface area contributed by atoms with Gasteiger partial charge in [-0.15, -0.1) is 11.3 Å². The molecule has 17 heavy (non-hydrogen) atoms. The Labute approximate surface area is 114 Å². The molecule has 4 heteroatoms. The number of hydrogen-bond donors (Lipinski definition) is 2. The largest absolute Gasteiger partial charge is 0.271 e. The van der Waals surface area contributed by atoms with Crippen LogP contribution in [0.5, 0.6) is 0 Å². The zero-order chi connectivity index (χ0) is 12.5. The predicted octanol–water partition coefficient (Wildman–Crippen LogP) is 4.66. The lowest BCUT2D eigenvalue weighted by atomic mass is 10.1. The van der Waals surface area contributed by atoms with Crippen LogP contribution in [-0.2, 0) is 0 Å². The van der Waals surface area contributed by atoms with Crippen LogP contribution in [0, 0.1) is 0 Å². The molecule has 1 rings (SSSR count). The Morgan fingerprint density at radius 2 is 1.94 bits per heavy atom. The Hall–Kier alpha value is -0.0900. The van der Waals surface area contributed by atoms with E-state index < -0.39 is 0 Å². The van der Waals surface area contributed by atoms with Crippen molar-refractivity contribution in [3.8, 4) is 0 Å². The topological polar surface area (TPSA) is 38.0 Å². The van der Waals surface area contributed by atoms with Crippen LogP contribution in [0.15, 0.2) is 12.1 Å². The first-order chi connectivity index (χ1) is 8.27. The van der Waals surface area contributed by atoms with Gasteiger partial charge in [-0.3, -0.25) is 11.3 Å². The van der Waals surface area contributed by atoms with Gasteiger partial charge in [0, 0.05) is 4.88 Å². The number of rotatable bonds is 9. The SMILES string of the molecule is CCCCCCCCC(NN)c1ccc(Cl)s1. The number of nitrogens with two attached hydrogens (primary N) is 1. The summed E-state index contributed by atoms with van der Waals surface area (Å²) in [7, 11) is 0. The lowest BCUT2D eigenvalue weighted by molar-refractivity contribution is 0.482. The molecule has 1 aromatic rings. The molecule has 0 aliphatic carbocycles. The van der Waals surface area contributed by atoms with Crippen molar-refractivity contribution in [1.82, 2.24) is 5.43 Å². The zero-order valence-electron chi connectivity index (χ0n) is 10.5. The van der Waals surface area contributed by atoms with Gasteiger partial charge in [-0.1, -0.05) is 57.0 Å². The molecule has 98 valence electrons. The molecule has 1 unspecified atom stereocenters. The van der Waals surface area contributed by atoms with Crippen LogP contribution in [0.25, 0.3) is 0 Å². The third-order valence-corrected chi connectivity index (χ3v) is 4.33. The highest BCUT2D eigenvalue weighted by atomic mass is 35.5. The van der Waals surface area contributed by atoms with Crippen molar-refractivity contribution in [2.75, 3.05) is 0 Å². The second-order valence-electron chi connectivity index (χ2n) is 4.42. The van der Waals surface area contributed by atoms with E-state index in [4.69, 9.17) is 17.4 Å². The molecule has 1 aromatic heterocycles. The second-order valence-corrected chi connectivity index (χ2v) is 6.16. The Morgan fingerprint density at radius 1 is 1.24 bits per heavy atom. The Bertz CT molecular complexity index is 301. The number of unbranched alkanes of at least 4 members (excludes halogenated alkanes) is 5. The number of hydrazine groups is 1. The average molecular weight is 275 g/mol. The van der Waals surface area contributed by atoms with E-state index in [0.717, 1.165) is 10.8 Å². The van der Waals surface area contributed by atoms with Gasteiger partial charge in [-0.25, -0.2) is 0 Å². The fourth-order valence-corrected chi connectivity index (χ4v) is 3.11. The number of thiophene rings is 1. The van der Waals surface area contributed by atoms with Crippen LogP contribution >= 0.6 is 22.9 Å². The summed E-state index contributed by atoms with van der Waals surface area (Å²) in [6.45, 7) is 2.24. The molecule has 0 radical (unpaired) electrons. The van der Waals surface area contributed by atoms with E-state index in [1.807, 2.05) is 6.07 Å². The van der Waals surface area contributed by atoms with Crippen LogP contribution < -0.4 is 11.3 Å². The Kier molecular flexibility index (Phi) is 7.86. The van der Waals surface area contributed by atoms with Gasteiger partial charge in [0.15, 0.2) is 0 Å². The zero-order valence-corrected chi connectivity index (χ0v) is 12.1. The van der Waals surface area contributed by atoms with Gasteiger partial charge in [-0.05, 0) is 18.6 Å². The first-order valence-electron chi connectivity index (χ1n) is 6.49. The van der Waals surface area contributed by atoms with Crippen molar-refractivity contribution in [1.29, 1.82) is 0 Å². The van der Waals surface area contributed by atoms with Crippen molar-refractivity contribution < 1.29 is 0 Å². The minimum Gasteiger partial charge on any atom is -0.271 e. The van der Waals surface area contributed by atoms with E-state index in [-0.39, 0.29) is 6.04 Å². The van der Waals surface area contributed by atoms with Crippen LogP contribution in [-0.4, -0.2) is 0 Å². The molecule has 0 amide bonds.